The van der Waals surface area contributed by atoms with Gasteiger partial charge in [0.1, 0.15) is 0 Å². The van der Waals surface area contributed by atoms with E-state index < -0.39 is 0 Å². The van der Waals surface area contributed by atoms with Crippen molar-refractivity contribution in [3.63, 3.8) is 0 Å². The molecule has 27 heavy (non-hydrogen) atoms. The molecule has 0 spiro atoms. The fourth-order valence-electron chi connectivity index (χ4n) is 2.51. The SMILES string of the molecule is Cc1ccc(NC(=O)CN(C)C(=O)CC(C)NC(=O)c2ccccc2)cc1. The average Bonchev–Trinajstić information content (AvgIpc) is 2.64. The Morgan fingerprint density at radius 1 is 1.00 bits per heavy atom. The third kappa shape index (κ3) is 6.58. The maximum atomic E-state index is 12.3. The summed E-state index contributed by atoms with van der Waals surface area (Å²) in [5.41, 5.74) is 2.34. The first-order valence-electron chi connectivity index (χ1n) is 8.81. The molecule has 1 atom stereocenters. The number of hydrogen-bond donors (Lipinski definition) is 2. The Morgan fingerprint density at radius 3 is 2.26 bits per heavy atom. The Hall–Kier alpha value is -3.15. The van der Waals surface area contributed by atoms with Crippen molar-refractivity contribution in [2.24, 2.45) is 0 Å². The smallest absolute Gasteiger partial charge is 0.251 e. The number of anilines is 1. The summed E-state index contributed by atoms with van der Waals surface area (Å²) in [5.74, 6) is -0.707. The zero-order valence-electron chi connectivity index (χ0n) is 15.9. The van der Waals surface area contributed by atoms with E-state index in [1.54, 1.807) is 38.2 Å². The highest BCUT2D eigenvalue weighted by atomic mass is 16.2. The third-order valence-electron chi connectivity index (χ3n) is 4.04. The molecule has 2 aromatic rings. The van der Waals surface area contributed by atoms with E-state index >= 15 is 0 Å². The van der Waals surface area contributed by atoms with Crippen molar-refractivity contribution in [3.05, 3.63) is 65.7 Å². The Morgan fingerprint density at radius 2 is 1.63 bits per heavy atom. The van der Waals surface area contributed by atoms with Crippen LogP contribution in [0, 0.1) is 6.92 Å². The summed E-state index contributed by atoms with van der Waals surface area (Å²) in [5, 5.41) is 5.55. The molecule has 0 aliphatic carbocycles. The van der Waals surface area contributed by atoms with Crippen molar-refractivity contribution in [2.45, 2.75) is 26.3 Å². The molecule has 6 nitrogen and oxygen atoms in total. The number of hydrogen-bond acceptors (Lipinski definition) is 3. The van der Waals surface area contributed by atoms with Gasteiger partial charge in [0.15, 0.2) is 0 Å². The maximum absolute atomic E-state index is 12.3. The Labute approximate surface area is 159 Å². The first-order chi connectivity index (χ1) is 12.8. The molecule has 0 aliphatic heterocycles. The van der Waals surface area contributed by atoms with Gasteiger partial charge in [-0.15, -0.1) is 0 Å². The maximum Gasteiger partial charge on any atom is 0.251 e. The molecule has 1 unspecified atom stereocenters. The molecule has 0 bridgehead atoms. The monoisotopic (exact) mass is 367 g/mol. The van der Waals surface area contributed by atoms with Gasteiger partial charge in [-0.05, 0) is 38.1 Å². The Balaban J connectivity index is 1.79. The molecule has 6 heteroatoms. The van der Waals surface area contributed by atoms with Crippen molar-refractivity contribution >= 4 is 23.4 Å². The van der Waals surface area contributed by atoms with E-state index in [1.807, 2.05) is 37.3 Å². The molecular weight excluding hydrogens is 342 g/mol. The van der Waals surface area contributed by atoms with Crippen LogP contribution in [0.2, 0.25) is 0 Å². The number of amides is 3. The minimum absolute atomic E-state index is 0.0495. The van der Waals surface area contributed by atoms with E-state index in [-0.39, 0.29) is 36.7 Å². The van der Waals surface area contributed by atoms with E-state index in [0.29, 0.717) is 11.3 Å². The van der Waals surface area contributed by atoms with Crippen molar-refractivity contribution in [1.82, 2.24) is 10.2 Å². The zero-order chi connectivity index (χ0) is 19.8. The molecule has 0 saturated heterocycles. The number of likely N-dealkylation sites (N-methyl/N-ethyl adjacent to an activating group) is 1. The van der Waals surface area contributed by atoms with Gasteiger partial charge in [0, 0.05) is 30.8 Å². The van der Waals surface area contributed by atoms with Crippen LogP contribution < -0.4 is 10.6 Å². The zero-order valence-corrected chi connectivity index (χ0v) is 15.9. The van der Waals surface area contributed by atoms with Crippen LogP contribution in [-0.2, 0) is 9.59 Å². The van der Waals surface area contributed by atoms with Crippen LogP contribution in [-0.4, -0.2) is 42.3 Å². The highest BCUT2D eigenvalue weighted by Crippen LogP contribution is 2.08. The van der Waals surface area contributed by atoms with E-state index in [4.69, 9.17) is 0 Å². The van der Waals surface area contributed by atoms with Crippen LogP contribution in [0.15, 0.2) is 54.6 Å². The predicted octanol–water partition coefficient (Wildman–Crippen LogP) is 2.60. The molecule has 3 amide bonds. The number of carbonyl (C=O) groups excluding carboxylic acids is 3. The minimum Gasteiger partial charge on any atom is -0.349 e. The molecular formula is C21H25N3O3. The molecule has 2 rings (SSSR count). The molecule has 0 heterocycles. The fraction of sp³-hybridized carbons (Fsp3) is 0.286. The lowest BCUT2D eigenvalue weighted by Crippen LogP contribution is -2.40. The number of rotatable bonds is 7. The van der Waals surface area contributed by atoms with Crippen LogP contribution in [0.4, 0.5) is 5.69 Å². The fourth-order valence-corrected chi connectivity index (χ4v) is 2.51. The van der Waals surface area contributed by atoms with Crippen molar-refractivity contribution in [1.29, 1.82) is 0 Å². The van der Waals surface area contributed by atoms with Gasteiger partial charge in [-0.1, -0.05) is 35.9 Å². The number of nitrogens with zero attached hydrogens (tertiary/aromatic N) is 1. The van der Waals surface area contributed by atoms with E-state index in [1.165, 1.54) is 4.90 Å². The quantitative estimate of drug-likeness (QED) is 0.790. The number of benzene rings is 2. The molecule has 2 N–H and O–H groups in total. The molecule has 0 aromatic heterocycles. The van der Waals surface area contributed by atoms with Crippen LogP contribution in [0.5, 0.6) is 0 Å². The Kier molecular flexibility index (Phi) is 7.11. The van der Waals surface area contributed by atoms with E-state index in [2.05, 4.69) is 10.6 Å². The van der Waals surface area contributed by atoms with Crippen LogP contribution >= 0.6 is 0 Å². The van der Waals surface area contributed by atoms with Crippen LogP contribution in [0.25, 0.3) is 0 Å². The van der Waals surface area contributed by atoms with Gasteiger partial charge >= 0.3 is 0 Å². The van der Waals surface area contributed by atoms with Gasteiger partial charge in [0.2, 0.25) is 11.8 Å². The van der Waals surface area contributed by atoms with Crippen molar-refractivity contribution in [3.8, 4) is 0 Å². The summed E-state index contributed by atoms with van der Waals surface area (Å²) < 4.78 is 0. The lowest BCUT2D eigenvalue weighted by molar-refractivity contribution is -0.133. The predicted molar refractivity (Wildman–Crippen MR) is 105 cm³/mol. The second kappa shape index (κ2) is 9.52. The number of carbonyl (C=O) groups is 3. The first kappa shape index (κ1) is 20.2. The summed E-state index contributed by atoms with van der Waals surface area (Å²) in [6.07, 6.45) is 0.118. The van der Waals surface area contributed by atoms with Gasteiger partial charge in [0.25, 0.3) is 5.91 Å². The van der Waals surface area contributed by atoms with Crippen molar-refractivity contribution < 1.29 is 14.4 Å². The summed E-state index contributed by atoms with van der Waals surface area (Å²) in [6, 6.07) is 15.9. The third-order valence-corrected chi connectivity index (χ3v) is 4.04. The van der Waals surface area contributed by atoms with Gasteiger partial charge < -0.3 is 15.5 Å². The first-order valence-corrected chi connectivity index (χ1v) is 8.81. The highest BCUT2D eigenvalue weighted by Gasteiger charge is 2.18. The largest absolute Gasteiger partial charge is 0.349 e. The minimum atomic E-state index is -0.340. The molecule has 2 aromatic carbocycles. The van der Waals surface area contributed by atoms with E-state index in [9.17, 15) is 14.4 Å². The summed E-state index contributed by atoms with van der Waals surface area (Å²) >= 11 is 0. The normalized spacial score (nSPS) is 11.4. The molecule has 0 aliphatic rings. The van der Waals surface area contributed by atoms with Crippen molar-refractivity contribution in [2.75, 3.05) is 18.9 Å². The second-order valence-electron chi connectivity index (χ2n) is 6.61. The van der Waals surface area contributed by atoms with Gasteiger partial charge in [0.05, 0.1) is 6.54 Å². The second-order valence-corrected chi connectivity index (χ2v) is 6.61. The topological polar surface area (TPSA) is 78.5 Å². The van der Waals surface area contributed by atoms with Crippen LogP contribution in [0.1, 0.15) is 29.3 Å². The Bertz CT molecular complexity index is 788. The summed E-state index contributed by atoms with van der Waals surface area (Å²) in [4.78, 5) is 37.9. The van der Waals surface area contributed by atoms with Gasteiger partial charge in [-0.3, -0.25) is 14.4 Å². The molecule has 0 saturated carbocycles. The standard InChI is InChI=1S/C21H25N3O3/c1-15-9-11-18(12-10-15)23-19(25)14-24(3)20(26)13-16(2)22-21(27)17-7-5-4-6-8-17/h4-12,16H,13-14H2,1-3H3,(H,22,27)(H,23,25). The summed E-state index contributed by atoms with van der Waals surface area (Å²) in [6.45, 7) is 3.68. The van der Waals surface area contributed by atoms with Gasteiger partial charge in [-0.25, -0.2) is 0 Å². The highest BCUT2D eigenvalue weighted by molar-refractivity contribution is 5.95. The number of aryl methyl sites for hydroxylation is 1. The lowest BCUT2D eigenvalue weighted by atomic mass is 10.1. The molecule has 142 valence electrons. The average molecular weight is 367 g/mol. The number of nitrogens with one attached hydrogen (secondary N) is 2. The van der Waals surface area contributed by atoms with Gasteiger partial charge in [-0.2, -0.15) is 0 Å². The lowest BCUT2D eigenvalue weighted by Gasteiger charge is -2.20. The van der Waals surface area contributed by atoms with Crippen LogP contribution in [0.3, 0.4) is 0 Å². The summed E-state index contributed by atoms with van der Waals surface area (Å²) in [7, 11) is 1.57. The van der Waals surface area contributed by atoms with E-state index in [0.717, 1.165) is 5.56 Å². The molecule has 0 radical (unpaired) electrons. The molecule has 0 fully saturated rings.